The lowest BCUT2D eigenvalue weighted by atomic mass is 9.99. The molecule has 2 atom stereocenters. The van der Waals surface area contributed by atoms with E-state index in [2.05, 4.69) is 4.98 Å². The van der Waals surface area contributed by atoms with Crippen molar-refractivity contribution in [1.82, 2.24) is 4.98 Å². The lowest BCUT2D eigenvalue weighted by Gasteiger charge is -2.28. The molecule has 3 rings (SSSR count). The van der Waals surface area contributed by atoms with Gasteiger partial charge in [0.25, 0.3) is 0 Å². The number of halogens is 1. The van der Waals surface area contributed by atoms with Crippen LogP contribution in [-0.2, 0) is 0 Å². The van der Waals surface area contributed by atoms with Crippen molar-refractivity contribution in [1.29, 1.82) is 0 Å². The summed E-state index contributed by atoms with van der Waals surface area (Å²) in [6, 6.07) is 5.41. The Bertz CT molecular complexity index is 601. The fourth-order valence-electron chi connectivity index (χ4n) is 2.12. The van der Waals surface area contributed by atoms with E-state index in [1.807, 2.05) is 6.07 Å². The summed E-state index contributed by atoms with van der Waals surface area (Å²) in [5, 5.41) is 11.0. The standard InChI is InChI=1S/C13H12ClNO3S/c1-17-7-2-3-10-8(4-7)9(16)5-11(18-10)13-15-6-12(14)19-13/h2-4,6,9,11,16H,5H2,1H3/t9-,11?/m0/s1. The number of ether oxygens (including phenoxy) is 2. The van der Waals surface area contributed by atoms with Gasteiger partial charge in [-0.1, -0.05) is 11.6 Å². The highest BCUT2D eigenvalue weighted by Gasteiger charge is 2.30. The first kappa shape index (κ1) is 12.7. The number of aliphatic hydroxyl groups is 1. The van der Waals surface area contributed by atoms with Crippen LogP contribution in [0.4, 0.5) is 0 Å². The maximum atomic E-state index is 10.2. The summed E-state index contributed by atoms with van der Waals surface area (Å²) in [6.07, 6.45) is 1.21. The number of hydrogen-bond donors (Lipinski definition) is 1. The summed E-state index contributed by atoms with van der Waals surface area (Å²) in [6.45, 7) is 0. The van der Waals surface area contributed by atoms with Gasteiger partial charge in [0, 0.05) is 12.0 Å². The summed E-state index contributed by atoms with van der Waals surface area (Å²) in [4.78, 5) is 4.21. The minimum Gasteiger partial charge on any atom is -0.497 e. The molecule has 0 radical (unpaired) electrons. The number of methoxy groups -OCH3 is 1. The first-order chi connectivity index (χ1) is 9.17. The van der Waals surface area contributed by atoms with E-state index in [1.165, 1.54) is 11.3 Å². The van der Waals surface area contributed by atoms with Crippen LogP contribution in [0.25, 0.3) is 0 Å². The number of nitrogens with zero attached hydrogens (tertiary/aromatic N) is 1. The number of aliphatic hydroxyl groups excluding tert-OH is 1. The van der Waals surface area contributed by atoms with Crippen molar-refractivity contribution in [2.75, 3.05) is 7.11 Å². The normalized spacial score (nSPS) is 21.6. The van der Waals surface area contributed by atoms with Gasteiger partial charge in [0.05, 0.1) is 19.4 Å². The Balaban J connectivity index is 1.92. The SMILES string of the molecule is COc1ccc2c(c1)[C@@H](O)CC(c1ncc(Cl)s1)O2. The maximum Gasteiger partial charge on any atom is 0.153 e. The van der Waals surface area contributed by atoms with Crippen LogP contribution in [0, 0.1) is 0 Å². The number of hydrogen-bond acceptors (Lipinski definition) is 5. The van der Waals surface area contributed by atoms with Gasteiger partial charge in [-0.2, -0.15) is 0 Å². The average molecular weight is 298 g/mol. The summed E-state index contributed by atoms with van der Waals surface area (Å²) in [5.41, 5.74) is 0.748. The molecule has 1 N–H and O–H groups in total. The average Bonchev–Trinajstić information content (AvgIpc) is 2.85. The maximum absolute atomic E-state index is 10.2. The molecule has 6 heteroatoms. The van der Waals surface area contributed by atoms with Gasteiger partial charge in [0.2, 0.25) is 0 Å². The molecular formula is C13H12ClNO3S. The van der Waals surface area contributed by atoms with Gasteiger partial charge in [-0.15, -0.1) is 11.3 Å². The molecule has 1 aromatic carbocycles. The highest BCUT2D eigenvalue weighted by atomic mass is 35.5. The van der Waals surface area contributed by atoms with Crippen LogP contribution in [0.3, 0.4) is 0 Å². The largest absolute Gasteiger partial charge is 0.497 e. The predicted octanol–water partition coefficient (Wildman–Crippen LogP) is 3.36. The summed E-state index contributed by atoms with van der Waals surface area (Å²) in [5.74, 6) is 1.37. The van der Waals surface area contributed by atoms with Gasteiger partial charge in [-0.25, -0.2) is 4.98 Å². The molecule has 2 aromatic rings. The first-order valence-corrected chi connectivity index (χ1v) is 7.00. The molecular weight excluding hydrogens is 286 g/mol. The zero-order chi connectivity index (χ0) is 13.4. The third kappa shape index (κ3) is 2.41. The van der Waals surface area contributed by atoms with Gasteiger partial charge in [0.15, 0.2) is 6.10 Å². The summed E-state index contributed by atoms with van der Waals surface area (Å²) < 4.78 is 11.6. The smallest absolute Gasteiger partial charge is 0.153 e. The Morgan fingerprint density at radius 3 is 3.05 bits per heavy atom. The van der Waals surface area contributed by atoms with E-state index < -0.39 is 6.10 Å². The molecule has 19 heavy (non-hydrogen) atoms. The van der Waals surface area contributed by atoms with Crippen LogP contribution in [0.2, 0.25) is 4.34 Å². The third-order valence-corrected chi connectivity index (χ3v) is 4.26. The van der Waals surface area contributed by atoms with Crippen molar-refractivity contribution in [3.05, 3.63) is 39.3 Å². The molecule has 1 aliphatic heterocycles. The van der Waals surface area contributed by atoms with Crippen molar-refractivity contribution >= 4 is 22.9 Å². The van der Waals surface area contributed by atoms with Crippen molar-refractivity contribution in [3.63, 3.8) is 0 Å². The predicted molar refractivity (Wildman–Crippen MR) is 73.1 cm³/mol. The molecule has 0 aliphatic carbocycles. The fourth-order valence-corrected chi connectivity index (χ4v) is 3.09. The van der Waals surface area contributed by atoms with Gasteiger partial charge >= 0.3 is 0 Å². The quantitative estimate of drug-likeness (QED) is 0.923. The second kappa shape index (κ2) is 5.00. The monoisotopic (exact) mass is 297 g/mol. The summed E-state index contributed by atoms with van der Waals surface area (Å²) >= 11 is 7.25. The highest BCUT2D eigenvalue weighted by Crippen LogP contribution is 2.43. The molecule has 2 heterocycles. The molecule has 0 saturated heterocycles. The second-order valence-electron chi connectivity index (χ2n) is 4.26. The minimum absolute atomic E-state index is 0.256. The van der Waals surface area contributed by atoms with Crippen LogP contribution >= 0.6 is 22.9 Å². The van der Waals surface area contributed by atoms with Gasteiger partial charge in [0.1, 0.15) is 20.8 Å². The van der Waals surface area contributed by atoms with Gasteiger partial charge < -0.3 is 14.6 Å². The molecule has 0 spiro atoms. The number of thiazole rings is 1. The Morgan fingerprint density at radius 2 is 2.37 bits per heavy atom. The first-order valence-electron chi connectivity index (χ1n) is 5.81. The zero-order valence-corrected chi connectivity index (χ0v) is 11.7. The Labute approximate surface area is 119 Å². The molecule has 0 fully saturated rings. The summed E-state index contributed by atoms with van der Waals surface area (Å²) in [7, 11) is 1.60. The number of fused-ring (bicyclic) bond motifs is 1. The Kier molecular flexibility index (Phi) is 3.35. The van der Waals surface area contributed by atoms with Crippen LogP contribution in [0.1, 0.15) is 29.2 Å². The van der Waals surface area contributed by atoms with E-state index in [0.717, 1.165) is 10.6 Å². The molecule has 0 bridgehead atoms. The van der Waals surface area contributed by atoms with E-state index in [4.69, 9.17) is 21.1 Å². The Hall–Kier alpha value is -1.30. The van der Waals surface area contributed by atoms with E-state index in [0.29, 0.717) is 22.3 Å². The van der Waals surface area contributed by atoms with Crippen molar-refractivity contribution in [2.24, 2.45) is 0 Å². The van der Waals surface area contributed by atoms with E-state index in [9.17, 15) is 5.11 Å². The molecule has 100 valence electrons. The van der Waals surface area contributed by atoms with Crippen molar-refractivity contribution < 1.29 is 14.6 Å². The van der Waals surface area contributed by atoms with Crippen LogP contribution in [-0.4, -0.2) is 17.2 Å². The molecule has 0 saturated carbocycles. The van der Waals surface area contributed by atoms with E-state index >= 15 is 0 Å². The molecule has 1 unspecified atom stereocenters. The van der Waals surface area contributed by atoms with Crippen LogP contribution in [0.5, 0.6) is 11.5 Å². The highest BCUT2D eigenvalue weighted by molar-refractivity contribution is 7.15. The minimum atomic E-state index is -0.591. The number of benzene rings is 1. The zero-order valence-electron chi connectivity index (χ0n) is 10.2. The number of rotatable bonds is 2. The molecule has 4 nitrogen and oxygen atoms in total. The lowest BCUT2D eigenvalue weighted by Crippen LogP contribution is -2.18. The van der Waals surface area contributed by atoms with E-state index in [1.54, 1.807) is 25.4 Å². The fraction of sp³-hybridized carbons (Fsp3) is 0.308. The van der Waals surface area contributed by atoms with Crippen molar-refractivity contribution in [2.45, 2.75) is 18.6 Å². The van der Waals surface area contributed by atoms with Gasteiger partial charge in [-0.3, -0.25) is 0 Å². The van der Waals surface area contributed by atoms with Gasteiger partial charge in [-0.05, 0) is 18.2 Å². The van der Waals surface area contributed by atoms with Crippen molar-refractivity contribution in [3.8, 4) is 11.5 Å². The third-order valence-electron chi connectivity index (χ3n) is 3.05. The molecule has 1 aliphatic rings. The van der Waals surface area contributed by atoms with Crippen LogP contribution in [0.15, 0.2) is 24.4 Å². The lowest BCUT2D eigenvalue weighted by molar-refractivity contribution is 0.0653. The van der Waals surface area contributed by atoms with Crippen LogP contribution < -0.4 is 9.47 Å². The van der Waals surface area contributed by atoms with E-state index in [-0.39, 0.29) is 6.10 Å². The molecule has 0 amide bonds. The number of aromatic nitrogens is 1. The topological polar surface area (TPSA) is 51.6 Å². The second-order valence-corrected chi connectivity index (χ2v) is 5.96. The Morgan fingerprint density at radius 1 is 1.53 bits per heavy atom. The molecule has 1 aromatic heterocycles.